The summed E-state index contributed by atoms with van der Waals surface area (Å²) in [5.74, 6) is 0.702. The fourth-order valence-electron chi connectivity index (χ4n) is 4.29. The van der Waals surface area contributed by atoms with Crippen molar-refractivity contribution in [3.05, 3.63) is 35.5 Å². The van der Waals surface area contributed by atoms with Crippen molar-refractivity contribution in [3.8, 4) is 0 Å². The Kier molecular flexibility index (Phi) is 6.42. The fourth-order valence-corrected chi connectivity index (χ4v) is 4.29. The predicted molar refractivity (Wildman–Crippen MR) is 101 cm³/mol. The molecule has 0 aromatic carbocycles. The highest BCUT2D eigenvalue weighted by atomic mass is 16.5. The van der Waals surface area contributed by atoms with Crippen molar-refractivity contribution < 1.29 is 14.3 Å². The molecule has 138 valence electrons. The van der Waals surface area contributed by atoms with Gasteiger partial charge in [-0.1, -0.05) is 36.8 Å². The van der Waals surface area contributed by atoms with Gasteiger partial charge < -0.3 is 4.74 Å². The number of carbonyl (C=O) groups is 2. The lowest BCUT2D eigenvalue weighted by atomic mass is 9.70. The summed E-state index contributed by atoms with van der Waals surface area (Å²) < 4.78 is 5.23. The summed E-state index contributed by atoms with van der Waals surface area (Å²) in [5, 5.41) is 0. The number of ether oxygens (including phenoxy) is 1. The van der Waals surface area contributed by atoms with Crippen LogP contribution in [0.25, 0.3) is 0 Å². The summed E-state index contributed by atoms with van der Waals surface area (Å²) >= 11 is 0. The van der Waals surface area contributed by atoms with Crippen LogP contribution in [0.5, 0.6) is 0 Å². The highest BCUT2D eigenvalue weighted by Crippen LogP contribution is 2.51. The van der Waals surface area contributed by atoms with E-state index in [9.17, 15) is 9.59 Å². The molecule has 0 aromatic rings. The Morgan fingerprint density at radius 2 is 2.04 bits per heavy atom. The molecule has 1 saturated carbocycles. The zero-order valence-corrected chi connectivity index (χ0v) is 16.2. The van der Waals surface area contributed by atoms with Crippen molar-refractivity contribution >= 4 is 11.8 Å². The van der Waals surface area contributed by atoms with E-state index in [0.29, 0.717) is 24.7 Å². The number of allylic oxidation sites excluding steroid dienone is 4. The average Bonchev–Trinajstić information content (AvgIpc) is 2.78. The fraction of sp³-hybridized carbons (Fsp3) is 0.636. The second-order valence-corrected chi connectivity index (χ2v) is 8.08. The molecule has 0 bridgehead atoms. The Labute approximate surface area is 152 Å². The van der Waals surface area contributed by atoms with Gasteiger partial charge in [0.2, 0.25) is 0 Å². The molecule has 3 atom stereocenters. The number of hydrogen-bond donors (Lipinski definition) is 0. The molecular weight excluding hydrogens is 312 g/mol. The van der Waals surface area contributed by atoms with Crippen LogP contribution in [0.2, 0.25) is 0 Å². The Morgan fingerprint density at radius 3 is 2.68 bits per heavy atom. The van der Waals surface area contributed by atoms with Crippen LogP contribution in [-0.4, -0.2) is 18.4 Å². The molecule has 2 rings (SSSR count). The van der Waals surface area contributed by atoms with E-state index in [-0.39, 0.29) is 17.3 Å². The predicted octanol–water partition coefficient (Wildman–Crippen LogP) is 5.17. The van der Waals surface area contributed by atoms with Crippen LogP contribution in [0.15, 0.2) is 35.5 Å². The maximum atomic E-state index is 12.8. The highest BCUT2D eigenvalue weighted by molar-refractivity contribution is 5.88. The van der Waals surface area contributed by atoms with Crippen molar-refractivity contribution in [3.63, 3.8) is 0 Å². The topological polar surface area (TPSA) is 43.4 Å². The van der Waals surface area contributed by atoms with Gasteiger partial charge in [-0.05, 0) is 63.4 Å². The molecule has 0 N–H and O–H groups in total. The maximum absolute atomic E-state index is 12.8. The van der Waals surface area contributed by atoms with E-state index in [4.69, 9.17) is 4.74 Å². The molecule has 0 aromatic heterocycles. The van der Waals surface area contributed by atoms with Crippen molar-refractivity contribution in [1.29, 1.82) is 0 Å². The van der Waals surface area contributed by atoms with Gasteiger partial charge in [-0.2, -0.15) is 0 Å². The van der Waals surface area contributed by atoms with E-state index in [1.165, 1.54) is 18.1 Å². The SMILES string of the molecule is C=C(C)C1CC(=O)C2(C)CC=C(C)CCC=C(COC(C)=O)CCC12. The van der Waals surface area contributed by atoms with Crippen LogP contribution in [0.4, 0.5) is 0 Å². The number of ketones is 1. The van der Waals surface area contributed by atoms with Gasteiger partial charge in [0.05, 0.1) is 0 Å². The largest absolute Gasteiger partial charge is 0.461 e. The number of esters is 1. The van der Waals surface area contributed by atoms with Crippen molar-refractivity contribution in [2.45, 2.75) is 66.2 Å². The van der Waals surface area contributed by atoms with Gasteiger partial charge >= 0.3 is 5.97 Å². The second-order valence-electron chi connectivity index (χ2n) is 8.08. The van der Waals surface area contributed by atoms with Gasteiger partial charge in [0.15, 0.2) is 0 Å². The van der Waals surface area contributed by atoms with Crippen LogP contribution in [0, 0.1) is 17.3 Å². The number of Topliss-reactive ketones (excluding diaryl/α,β-unsaturated/α-hetero) is 1. The second kappa shape index (κ2) is 8.16. The Balaban J connectivity index is 2.29. The monoisotopic (exact) mass is 344 g/mol. The average molecular weight is 344 g/mol. The minimum Gasteiger partial charge on any atom is -0.461 e. The Morgan fingerprint density at radius 1 is 1.32 bits per heavy atom. The normalized spacial score (nSPS) is 30.6. The van der Waals surface area contributed by atoms with Crippen LogP contribution in [0.1, 0.15) is 66.2 Å². The molecule has 2 aliphatic carbocycles. The van der Waals surface area contributed by atoms with Crippen LogP contribution in [0.3, 0.4) is 0 Å². The van der Waals surface area contributed by atoms with Crippen LogP contribution in [-0.2, 0) is 14.3 Å². The van der Waals surface area contributed by atoms with E-state index < -0.39 is 0 Å². The smallest absolute Gasteiger partial charge is 0.302 e. The molecule has 0 aliphatic heterocycles. The van der Waals surface area contributed by atoms with Gasteiger partial charge in [0.25, 0.3) is 0 Å². The summed E-state index contributed by atoms with van der Waals surface area (Å²) in [6, 6.07) is 0. The number of rotatable bonds is 3. The first-order valence-electron chi connectivity index (χ1n) is 9.39. The van der Waals surface area contributed by atoms with E-state index in [1.807, 2.05) is 6.92 Å². The van der Waals surface area contributed by atoms with Crippen molar-refractivity contribution in [1.82, 2.24) is 0 Å². The first-order chi connectivity index (χ1) is 11.7. The maximum Gasteiger partial charge on any atom is 0.302 e. The zero-order chi connectivity index (χ0) is 18.6. The highest BCUT2D eigenvalue weighted by Gasteiger charge is 2.50. The van der Waals surface area contributed by atoms with Crippen molar-refractivity contribution in [2.24, 2.45) is 17.3 Å². The van der Waals surface area contributed by atoms with Crippen molar-refractivity contribution in [2.75, 3.05) is 6.61 Å². The van der Waals surface area contributed by atoms with Gasteiger partial charge in [-0.3, -0.25) is 9.59 Å². The standard InChI is InChI=1S/C22H32O3/c1-15(2)19-13-21(24)22(5)12-11-16(3)7-6-8-18(9-10-20(19)22)14-25-17(4)23/h8,11,19-20H,1,6-7,9-10,12-14H2,2-5H3. The minimum absolute atomic E-state index is 0.244. The molecule has 0 heterocycles. The third-order valence-corrected chi connectivity index (χ3v) is 6.06. The lowest BCUT2D eigenvalue weighted by molar-refractivity contribution is -0.140. The van der Waals surface area contributed by atoms with Gasteiger partial charge in [-0.15, -0.1) is 0 Å². The molecule has 3 heteroatoms. The minimum atomic E-state index is -0.304. The Hall–Kier alpha value is -1.64. The summed E-state index contributed by atoms with van der Waals surface area (Å²) in [4.78, 5) is 24.0. The molecule has 0 spiro atoms. The number of carbonyl (C=O) groups excluding carboxylic acids is 2. The zero-order valence-electron chi connectivity index (χ0n) is 16.2. The van der Waals surface area contributed by atoms with Crippen LogP contribution >= 0.6 is 0 Å². The Bertz CT molecular complexity index is 611. The summed E-state index contributed by atoms with van der Waals surface area (Å²) in [5.41, 5.74) is 3.31. The lowest BCUT2D eigenvalue weighted by Crippen LogP contribution is -2.30. The third kappa shape index (κ3) is 4.71. The molecule has 3 unspecified atom stereocenters. The molecule has 25 heavy (non-hydrogen) atoms. The first kappa shape index (κ1) is 19.7. The molecule has 0 radical (unpaired) electrons. The van der Waals surface area contributed by atoms with E-state index in [2.05, 4.69) is 32.6 Å². The quantitative estimate of drug-likeness (QED) is 0.524. The van der Waals surface area contributed by atoms with Gasteiger partial charge in [0, 0.05) is 18.8 Å². The molecule has 2 aliphatic rings. The lowest BCUT2D eigenvalue weighted by Gasteiger charge is -2.33. The first-order valence-corrected chi connectivity index (χ1v) is 9.39. The van der Waals surface area contributed by atoms with E-state index in [1.54, 1.807) is 0 Å². The van der Waals surface area contributed by atoms with E-state index >= 15 is 0 Å². The summed E-state index contributed by atoms with van der Waals surface area (Å²) in [6.45, 7) is 12.3. The number of hydrogen-bond acceptors (Lipinski definition) is 3. The third-order valence-electron chi connectivity index (χ3n) is 6.06. The van der Waals surface area contributed by atoms with Crippen LogP contribution < -0.4 is 0 Å². The molecule has 1 fully saturated rings. The molecule has 0 saturated heterocycles. The molecular formula is C22H32O3. The number of fused-ring (bicyclic) bond motifs is 1. The molecule has 0 amide bonds. The molecule has 3 nitrogen and oxygen atoms in total. The summed E-state index contributed by atoms with van der Waals surface area (Å²) in [7, 11) is 0. The van der Waals surface area contributed by atoms with E-state index in [0.717, 1.165) is 37.7 Å². The summed E-state index contributed by atoms with van der Waals surface area (Å²) in [6.07, 6.45) is 9.69. The van der Waals surface area contributed by atoms with Gasteiger partial charge in [-0.25, -0.2) is 0 Å². The van der Waals surface area contributed by atoms with Gasteiger partial charge in [0.1, 0.15) is 12.4 Å².